The number of ether oxygens (including phenoxy) is 1. The molecule has 2 aliphatic rings. The van der Waals surface area contributed by atoms with E-state index in [1.807, 2.05) is 12.1 Å². The maximum atomic E-state index is 5.18. The monoisotopic (exact) mass is 255 g/mol. The van der Waals surface area contributed by atoms with Gasteiger partial charge in [-0.15, -0.1) is 11.3 Å². The highest BCUT2D eigenvalue weighted by Crippen LogP contribution is 2.42. The van der Waals surface area contributed by atoms with Crippen molar-refractivity contribution in [3.63, 3.8) is 0 Å². The van der Waals surface area contributed by atoms with E-state index in [0.717, 1.165) is 22.6 Å². The lowest BCUT2D eigenvalue weighted by Crippen LogP contribution is -2.23. The fraction of sp³-hybridized carbons (Fsp3) is 0.267. The largest absolute Gasteiger partial charge is 0.497 e. The molecular weight excluding hydrogens is 242 g/mol. The molecule has 0 aliphatic heterocycles. The Morgan fingerprint density at radius 3 is 2.72 bits per heavy atom. The summed E-state index contributed by atoms with van der Waals surface area (Å²) in [5, 5.41) is 2.29. The summed E-state index contributed by atoms with van der Waals surface area (Å²) in [6.07, 6.45) is 6.05. The van der Waals surface area contributed by atoms with Gasteiger partial charge in [0.05, 0.1) is 17.0 Å². The number of benzene rings is 1. The summed E-state index contributed by atoms with van der Waals surface area (Å²) < 4.78 is 6.52. The van der Waals surface area contributed by atoms with Crippen molar-refractivity contribution in [3.8, 4) is 16.3 Å². The third kappa shape index (κ3) is 1.58. The summed E-state index contributed by atoms with van der Waals surface area (Å²) >= 11 is 1.79. The molecule has 2 aliphatic carbocycles. The van der Waals surface area contributed by atoms with Gasteiger partial charge in [0.1, 0.15) is 10.8 Å². The predicted molar refractivity (Wildman–Crippen MR) is 73.9 cm³/mol. The molecular formula is C15H13NOS. The van der Waals surface area contributed by atoms with Gasteiger partial charge in [-0.1, -0.05) is 12.2 Å². The number of aromatic nitrogens is 1. The first-order chi connectivity index (χ1) is 8.83. The third-order valence-electron chi connectivity index (χ3n) is 3.65. The molecule has 3 heteroatoms. The van der Waals surface area contributed by atoms with Crippen LogP contribution in [0.1, 0.15) is 6.42 Å². The lowest BCUT2D eigenvalue weighted by Gasteiger charge is -1.99. The molecule has 2 unspecified atom stereocenters. The summed E-state index contributed by atoms with van der Waals surface area (Å²) in [6, 6.07) is 8.12. The first kappa shape index (κ1) is 10.3. The van der Waals surface area contributed by atoms with Crippen LogP contribution in [0.3, 0.4) is 0 Å². The van der Waals surface area contributed by atoms with Crippen molar-refractivity contribution in [2.24, 2.45) is 11.8 Å². The van der Waals surface area contributed by atoms with Gasteiger partial charge in [-0.05, 0) is 42.5 Å². The van der Waals surface area contributed by atoms with Crippen LogP contribution in [0, 0.1) is 11.8 Å². The van der Waals surface area contributed by atoms with Gasteiger partial charge in [0.2, 0.25) is 0 Å². The second-order valence-corrected chi connectivity index (χ2v) is 5.92. The number of nitrogens with zero attached hydrogens (tertiary/aromatic N) is 1. The Balaban J connectivity index is 1.80. The molecule has 4 rings (SSSR count). The fourth-order valence-corrected chi connectivity index (χ4v) is 3.52. The second-order valence-electron chi connectivity index (χ2n) is 4.89. The average molecular weight is 255 g/mol. The molecule has 2 aromatic rings. The number of hydrogen-bond acceptors (Lipinski definition) is 3. The molecule has 1 aromatic carbocycles. The number of methoxy groups -OCH3 is 1. The van der Waals surface area contributed by atoms with Crippen LogP contribution in [-0.4, -0.2) is 12.1 Å². The van der Waals surface area contributed by atoms with Gasteiger partial charge in [-0.25, -0.2) is 4.98 Å². The Labute approximate surface area is 109 Å². The Morgan fingerprint density at radius 2 is 1.94 bits per heavy atom. The van der Waals surface area contributed by atoms with Crippen molar-refractivity contribution in [3.05, 3.63) is 34.1 Å². The van der Waals surface area contributed by atoms with Crippen molar-refractivity contribution < 1.29 is 4.74 Å². The predicted octanol–water partition coefficient (Wildman–Crippen LogP) is 2.03. The zero-order valence-corrected chi connectivity index (χ0v) is 10.9. The van der Waals surface area contributed by atoms with Crippen LogP contribution in [0.15, 0.2) is 24.3 Å². The van der Waals surface area contributed by atoms with E-state index in [9.17, 15) is 0 Å². The van der Waals surface area contributed by atoms with Gasteiger partial charge < -0.3 is 4.74 Å². The summed E-state index contributed by atoms with van der Waals surface area (Å²) in [4.78, 5) is 4.74. The Bertz CT molecular complexity index is 676. The van der Waals surface area contributed by atoms with Crippen molar-refractivity contribution in [1.82, 2.24) is 4.98 Å². The van der Waals surface area contributed by atoms with Gasteiger partial charge in [-0.3, -0.25) is 0 Å². The van der Waals surface area contributed by atoms with Crippen LogP contribution >= 0.6 is 11.3 Å². The number of rotatable bonds is 2. The van der Waals surface area contributed by atoms with Crippen LogP contribution in [0.4, 0.5) is 0 Å². The zero-order chi connectivity index (χ0) is 12.1. The van der Waals surface area contributed by atoms with Gasteiger partial charge in [0, 0.05) is 5.56 Å². The number of thiazole rings is 1. The molecule has 0 spiro atoms. The molecule has 2 atom stereocenters. The van der Waals surface area contributed by atoms with E-state index in [2.05, 4.69) is 24.3 Å². The molecule has 2 nitrogen and oxygen atoms in total. The Hall–Kier alpha value is -1.61. The minimum Gasteiger partial charge on any atom is -0.497 e. The highest BCUT2D eigenvalue weighted by Gasteiger charge is 2.35. The average Bonchev–Trinajstić information content (AvgIpc) is 3.04. The highest BCUT2D eigenvalue weighted by molar-refractivity contribution is 7.13. The molecule has 0 saturated heterocycles. The topological polar surface area (TPSA) is 22.1 Å². The van der Waals surface area contributed by atoms with Crippen molar-refractivity contribution >= 4 is 23.5 Å². The van der Waals surface area contributed by atoms with Gasteiger partial charge >= 0.3 is 0 Å². The van der Waals surface area contributed by atoms with E-state index in [0.29, 0.717) is 0 Å². The van der Waals surface area contributed by atoms with Crippen LogP contribution < -0.4 is 14.6 Å². The van der Waals surface area contributed by atoms with Gasteiger partial charge in [0.15, 0.2) is 0 Å². The minimum absolute atomic E-state index is 0.767. The van der Waals surface area contributed by atoms with Gasteiger partial charge in [-0.2, -0.15) is 0 Å². The van der Waals surface area contributed by atoms with Crippen LogP contribution in [0.5, 0.6) is 5.75 Å². The number of hydrogen-bond donors (Lipinski definition) is 0. The Morgan fingerprint density at radius 1 is 1.17 bits per heavy atom. The smallest absolute Gasteiger partial charge is 0.124 e. The SMILES string of the molecule is COc1ccc(-c2nc3c(s2)=CC2CC2C=3)cc1. The highest BCUT2D eigenvalue weighted by atomic mass is 32.1. The van der Waals surface area contributed by atoms with Crippen LogP contribution in [0.25, 0.3) is 22.7 Å². The van der Waals surface area contributed by atoms with E-state index in [4.69, 9.17) is 9.72 Å². The lowest BCUT2D eigenvalue weighted by molar-refractivity contribution is 0.415. The van der Waals surface area contributed by atoms with E-state index in [-0.39, 0.29) is 0 Å². The molecule has 0 bridgehead atoms. The van der Waals surface area contributed by atoms with Crippen molar-refractivity contribution in [2.45, 2.75) is 6.42 Å². The summed E-state index contributed by atoms with van der Waals surface area (Å²) in [5.74, 6) is 2.45. The molecule has 18 heavy (non-hydrogen) atoms. The Kier molecular flexibility index (Phi) is 2.12. The zero-order valence-electron chi connectivity index (χ0n) is 10.1. The third-order valence-corrected chi connectivity index (χ3v) is 4.73. The van der Waals surface area contributed by atoms with E-state index in [1.165, 1.54) is 21.9 Å². The second kappa shape index (κ2) is 3.69. The molecule has 1 saturated carbocycles. The number of fused-ring (bicyclic) bond motifs is 2. The van der Waals surface area contributed by atoms with Crippen molar-refractivity contribution in [2.75, 3.05) is 7.11 Å². The fourth-order valence-electron chi connectivity index (χ4n) is 2.46. The summed E-state index contributed by atoms with van der Waals surface area (Å²) in [5.41, 5.74) is 1.17. The first-order valence-electron chi connectivity index (χ1n) is 6.18. The molecule has 1 heterocycles. The molecule has 1 aromatic heterocycles. The summed E-state index contributed by atoms with van der Waals surface area (Å²) in [7, 11) is 1.69. The minimum atomic E-state index is 0.767. The normalized spacial score (nSPS) is 23.4. The van der Waals surface area contributed by atoms with Gasteiger partial charge in [0.25, 0.3) is 0 Å². The molecule has 0 amide bonds. The van der Waals surface area contributed by atoms with Crippen molar-refractivity contribution in [1.29, 1.82) is 0 Å². The van der Waals surface area contributed by atoms with Crippen LogP contribution in [-0.2, 0) is 0 Å². The van der Waals surface area contributed by atoms with E-state index >= 15 is 0 Å². The van der Waals surface area contributed by atoms with E-state index < -0.39 is 0 Å². The maximum Gasteiger partial charge on any atom is 0.124 e. The molecule has 0 radical (unpaired) electrons. The quantitative estimate of drug-likeness (QED) is 0.819. The first-order valence-corrected chi connectivity index (χ1v) is 7.00. The van der Waals surface area contributed by atoms with Crippen LogP contribution in [0.2, 0.25) is 0 Å². The summed E-state index contributed by atoms with van der Waals surface area (Å²) in [6.45, 7) is 0. The molecule has 90 valence electrons. The van der Waals surface area contributed by atoms with E-state index in [1.54, 1.807) is 18.4 Å². The maximum absolute atomic E-state index is 5.18. The standard InChI is InChI=1S/C15H13NOS/c1-17-12-4-2-9(3-5-12)15-16-13-7-10-6-11(10)8-14(13)18-15/h2-5,7-8,10-11H,6H2,1H3. The molecule has 1 fully saturated rings. The lowest BCUT2D eigenvalue weighted by atomic mass is 10.2. The molecule has 0 N–H and O–H groups in total.